The van der Waals surface area contributed by atoms with Crippen LogP contribution < -0.4 is 0 Å². The fourth-order valence-corrected chi connectivity index (χ4v) is 3.42. The number of thioether (sulfide) groups is 1. The summed E-state index contributed by atoms with van der Waals surface area (Å²) < 4.78 is 2.15. The standard InChI is InChI=1S/C19H27N3S/c1-4-11-22-15(2)17(12-20-22)14-21(18-7-8-18)13-16-5-9-19(23-3)10-6-16/h5-6,9-10,12,18H,4,7-8,11,13-14H2,1-3H3. The lowest BCUT2D eigenvalue weighted by Gasteiger charge is -2.22. The van der Waals surface area contributed by atoms with Gasteiger partial charge in [0.25, 0.3) is 0 Å². The molecule has 0 aliphatic heterocycles. The average Bonchev–Trinajstić information content (AvgIpc) is 3.36. The molecular weight excluding hydrogens is 302 g/mol. The summed E-state index contributed by atoms with van der Waals surface area (Å²) in [7, 11) is 0. The molecule has 0 atom stereocenters. The van der Waals surface area contributed by atoms with E-state index in [1.807, 2.05) is 0 Å². The molecule has 124 valence electrons. The normalized spacial score (nSPS) is 14.6. The first-order valence-corrected chi connectivity index (χ1v) is 9.82. The maximum absolute atomic E-state index is 4.56. The number of aromatic nitrogens is 2. The molecule has 1 aliphatic rings. The van der Waals surface area contributed by atoms with Crippen LogP contribution in [0.2, 0.25) is 0 Å². The molecule has 1 fully saturated rings. The van der Waals surface area contributed by atoms with E-state index in [1.54, 1.807) is 11.8 Å². The van der Waals surface area contributed by atoms with Crippen LogP contribution in [0, 0.1) is 6.92 Å². The molecule has 0 saturated heterocycles. The monoisotopic (exact) mass is 329 g/mol. The van der Waals surface area contributed by atoms with Gasteiger partial charge in [0.1, 0.15) is 0 Å². The third-order valence-electron chi connectivity index (χ3n) is 4.62. The van der Waals surface area contributed by atoms with Gasteiger partial charge >= 0.3 is 0 Å². The van der Waals surface area contributed by atoms with Crippen LogP contribution in [-0.2, 0) is 19.6 Å². The van der Waals surface area contributed by atoms with Gasteiger partial charge in [0, 0.05) is 41.8 Å². The largest absolute Gasteiger partial charge is 0.292 e. The van der Waals surface area contributed by atoms with Crippen molar-refractivity contribution >= 4 is 11.8 Å². The van der Waals surface area contributed by atoms with Crippen LogP contribution in [0.5, 0.6) is 0 Å². The zero-order chi connectivity index (χ0) is 16.2. The topological polar surface area (TPSA) is 21.1 Å². The van der Waals surface area contributed by atoms with Crippen LogP contribution in [0.15, 0.2) is 35.4 Å². The minimum Gasteiger partial charge on any atom is -0.292 e. The van der Waals surface area contributed by atoms with Gasteiger partial charge in [0.15, 0.2) is 0 Å². The van der Waals surface area contributed by atoms with Crippen molar-refractivity contribution in [2.45, 2.75) is 63.7 Å². The molecule has 0 radical (unpaired) electrons. The smallest absolute Gasteiger partial charge is 0.0537 e. The van der Waals surface area contributed by atoms with Crippen LogP contribution in [0.25, 0.3) is 0 Å². The minimum atomic E-state index is 0.754. The summed E-state index contributed by atoms with van der Waals surface area (Å²) in [4.78, 5) is 3.96. The Bertz CT molecular complexity index is 629. The highest BCUT2D eigenvalue weighted by molar-refractivity contribution is 7.98. The van der Waals surface area contributed by atoms with Gasteiger partial charge in [-0.05, 0) is 50.1 Å². The second kappa shape index (κ2) is 7.54. The summed E-state index contributed by atoms with van der Waals surface area (Å²) in [5.41, 5.74) is 4.12. The first kappa shape index (κ1) is 16.6. The lowest BCUT2D eigenvalue weighted by Crippen LogP contribution is -2.25. The molecule has 1 heterocycles. The molecule has 0 amide bonds. The van der Waals surface area contributed by atoms with Gasteiger partial charge in [-0.15, -0.1) is 11.8 Å². The van der Waals surface area contributed by atoms with Gasteiger partial charge in [-0.1, -0.05) is 19.1 Å². The molecule has 0 N–H and O–H groups in total. The van der Waals surface area contributed by atoms with Crippen LogP contribution in [-0.4, -0.2) is 27.0 Å². The highest BCUT2D eigenvalue weighted by Crippen LogP contribution is 2.30. The van der Waals surface area contributed by atoms with Crippen molar-refractivity contribution in [2.75, 3.05) is 6.26 Å². The third-order valence-corrected chi connectivity index (χ3v) is 5.37. The van der Waals surface area contributed by atoms with Crippen molar-refractivity contribution in [2.24, 2.45) is 0 Å². The van der Waals surface area contributed by atoms with Gasteiger partial charge in [-0.3, -0.25) is 9.58 Å². The van der Waals surface area contributed by atoms with E-state index >= 15 is 0 Å². The maximum Gasteiger partial charge on any atom is 0.0537 e. The fourth-order valence-electron chi connectivity index (χ4n) is 3.02. The highest BCUT2D eigenvalue weighted by atomic mass is 32.2. The van der Waals surface area contributed by atoms with E-state index in [9.17, 15) is 0 Å². The van der Waals surface area contributed by atoms with Gasteiger partial charge in [-0.2, -0.15) is 5.10 Å². The van der Waals surface area contributed by atoms with Gasteiger partial charge < -0.3 is 0 Å². The molecule has 3 nitrogen and oxygen atoms in total. The van der Waals surface area contributed by atoms with E-state index in [4.69, 9.17) is 0 Å². The van der Waals surface area contributed by atoms with Gasteiger partial charge in [-0.25, -0.2) is 0 Å². The van der Waals surface area contributed by atoms with Crippen LogP contribution >= 0.6 is 11.8 Å². The predicted octanol–water partition coefficient (Wildman–Crippen LogP) is 4.49. The Kier molecular flexibility index (Phi) is 5.44. The van der Waals surface area contributed by atoms with Gasteiger partial charge in [0.05, 0.1) is 6.20 Å². The molecule has 1 aromatic heterocycles. The zero-order valence-corrected chi connectivity index (χ0v) is 15.3. The average molecular weight is 330 g/mol. The second-order valence-electron chi connectivity index (χ2n) is 6.46. The molecule has 23 heavy (non-hydrogen) atoms. The molecule has 0 bridgehead atoms. The lowest BCUT2D eigenvalue weighted by molar-refractivity contribution is 0.245. The Morgan fingerprint density at radius 2 is 1.96 bits per heavy atom. The van der Waals surface area contributed by atoms with E-state index in [0.717, 1.165) is 32.1 Å². The third kappa shape index (κ3) is 4.18. The molecule has 4 heteroatoms. The molecule has 0 spiro atoms. The molecule has 1 aliphatic carbocycles. The summed E-state index contributed by atoms with van der Waals surface area (Å²) in [5, 5.41) is 4.56. The Morgan fingerprint density at radius 1 is 1.22 bits per heavy atom. The fraction of sp³-hybridized carbons (Fsp3) is 0.526. The summed E-state index contributed by atoms with van der Waals surface area (Å²) in [6, 6.07) is 9.76. The van der Waals surface area contributed by atoms with Crippen molar-refractivity contribution in [3.05, 3.63) is 47.3 Å². The van der Waals surface area contributed by atoms with E-state index in [2.05, 4.69) is 65.2 Å². The Labute approximate surface area is 144 Å². The molecule has 0 unspecified atom stereocenters. The Morgan fingerprint density at radius 3 is 2.57 bits per heavy atom. The summed E-state index contributed by atoms with van der Waals surface area (Å²) in [5.74, 6) is 0. The summed E-state index contributed by atoms with van der Waals surface area (Å²) in [6.07, 6.45) is 8.01. The number of benzene rings is 1. The molecule has 3 rings (SSSR count). The van der Waals surface area contributed by atoms with Crippen LogP contribution in [0.4, 0.5) is 0 Å². The number of rotatable bonds is 8. The van der Waals surface area contributed by atoms with E-state index in [0.29, 0.717) is 0 Å². The number of nitrogens with zero attached hydrogens (tertiary/aromatic N) is 3. The number of hydrogen-bond acceptors (Lipinski definition) is 3. The number of hydrogen-bond donors (Lipinski definition) is 0. The zero-order valence-electron chi connectivity index (χ0n) is 14.5. The number of aryl methyl sites for hydroxylation is 1. The Hall–Kier alpha value is -1.26. The molecule has 1 saturated carbocycles. The first-order chi connectivity index (χ1) is 11.2. The quantitative estimate of drug-likeness (QED) is 0.666. The SMILES string of the molecule is CCCn1ncc(CN(Cc2ccc(SC)cc2)C2CC2)c1C. The van der Waals surface area contributed by atoms with Crippen molar-refractivity contribution in [1.82, 2.24) is 14.7 Å². The second-order valence-corrected chi connectivity index (χ2v) is 7.34. The lowest BCUT2D eigenvalue weighted by atomic mass is 10.2. The van der Waals surface area contributed by atoms with Crippen LogP contribution in [0.1, 0.15) is 43.0 Å². The van der Waals surface area contributed by atoms with Crippen molar-refractivity contribution in [1.29, 1.82) is 0 Å². The predicted molar refractivity (Wildman–Crippen MR) is 97.7 cm³/mol. The van der Waals surface area contributed by atoms with Crippen molar-refractivity contribution in [3.63, 3.8) is 0 Å². The summed E-state index contributed by atoms with van der Waals surface area (Å²) >= 11 is 1.80. The van der Waals surface area contributed by atoms with E-state index in [-0.39, 0.29) is 0 Å². The van der Waals surface area contributed by atoms with E-state index < -0.39 is 0 Å². The first-order valence-electron chi connectivity index (χ1n) is 8.59. The van der Waals surface area contributed by atoms with Gasteiger partial charge in [0.2, 0.25) is 0 Å². The molecule has 2 aromatic rings. The van der Waals surface area contributed by atoms with Crippen molar-refractivity contribution < 1.29 is 0 Å². The van der Waals surface area contributed by atoms with Crippen molar-refractivity contribution in [3.8, 4) is 0 Å². The highest BCUT2D eigenvalue weighted by Gasteiger charge is 2.29. The van der Waals surface area contributed by atoms with E-state index in [1.165, 1.54) is 34.6 Å². The van der Waals surface area contributed by atoms with Crippen LogP contribution in [0.3, 0.4) is 0 Å². The maximum atomic E-state index is 4.56. The summed E-state index contributed by atoms with van der Waals surface area (Å²) in [6.45, 7) is 7.49. The molecule has 1 aromatic carbocycles. The Balaban J connectivity index is 1.69. The molecular formula is C19H27N3S. The minimum absolute atomic E-state index is 0.754.